The first-order chi connectivity index (χ1) is 14.7. The number of furan rings is 1. The van der Waals surface area contributed by atoms with Gasteiger partial charge in [0.2, 0.25) is 17.6 Å². The van der Waals surface area contributed by atoms with Gasteiger partial charge in [0.25, 0.3) is 0 Å². The van der Waals surface area contributed by atoms with Crippen molar-refractivity contribution in [2.75, 3.05) is 13.2 Å². The first-order valence-corrected chi connectivity index (χ1v) is 11.5. The topological polar surface area (TPSA) is 81.6 Å². The standard InChI is InChI=1S/C23H33N3O4/c1-3-14-26(18-16-19(28-4-2)23(18)12-6-5-7-13-23)21(27)11-10-20-24-22(25-30-20)17-9-8-15-29-17/h8-9,15,18-19H,3-7,10-14,16H2,1-2H3. The first kappa shape index (κ1) is 21.1. The quantitative estimate of drug-likeness (QED) is 0.594. The van der Waals surface area contributed by atoms with Crippen LogP contribution in [0.1, 0.15) is 71.1 Å². The van der Waals surface area contributed by atoms with Gasteiger partial charge in [-0.15, -0.1) is 0 Å². The number of hydrogen-bond donors (Lipinski definition) is 0. The molecule has 30 heavy (non-hydrogen) atoms. The molecule has 7 nitrogen and oxygen atoms in total. The predicted molar refractivity (Wildman–Crippen MR) is 112 cm³/mol. The molecule has 0 bridgehead atoms. The summed E-state index contributed by atoms with van der Waals surface area (Å²) in [5.74, 6) is 1.64. The summed E-state index contributed by atoms with van der Waals surface area (Å²) in [6, 6.07) is 3.87. The molecule has 2 saturated carbocycles. The van der Waals surface area contributed by atoms with Crippen LogP contribution in [0, 0.1) is 5.41 Å². The third kappa shape index (κ3) is 4.04. The fraction of sp³-hybridized carbons (Fsp3) is 0.696. The lowest BCUT2D eigenvalue weighted by Crippen LogP contribution is -2.66. The van der Waals surface area contributed by atoms with E-state index in [1.54, 1.807) is 18.4 Å². The average molecular weight is 416 g/mol. The molecule has 0 N–H and O–H groups in total. The number of amides is 1. The molecule has 2 heterocycles. The summed E-state index contributed by atoms with van der Waals surface area (Å²) in [7, 11) is 0. The molecule has 4 rings (SSSR count). The van der Waals surface area contributed by atoms with Gasteiger partial charge in [-0.2, -0.15) is 4.98 Å². The highest BCUT2D eigenvalue weighted by molar-refractivity contribution is 5.77. The van der Waals surface area contributed by atoms with Crippen LogP contribution in [0.4, 0.5) is 0 Å². The minimum atomic E-state index is 0.149. The van der Waals surface area contributed by atoms with Gasteiger partial charge in [-0.1, -0.05) is 31.3 Å². The van der Waals surface area contributed by atoms with Crippen molar-refractivity contribution in [3.05, 3.63) is 24.3 Å². The Morgan fingerprint density at radius 2 is 2.13 bits per heavy atom. The summed E-state index contributed by atoms with van der Waals surface area (Å²) in [5, 5.41) is 3.96. The van der Waals surface area contributed by atoms with Crippen LogP contribution in [-0.2, 0) is 16.0 Å². The van der Waals surface area contributed by atoms with Gasteiger partial charge in [-0.3, -0.25) is 4.79 Å². The number of aromatic nitrogens is 2. The smallest absolute Gasteiger partial charge is 0.238 e. The van der Waals surface area contributed by atoms with Crippen molar-refractivity contribution in [2.45, 2.75) is 83.8 Å². The molecule has 2 aromatic rings. The molecule has 2 unspecified atom stereocenters. The molecular formula is C23H33N3O4. The molecule has 0 aliphatic heterocycles. The van der Waals surface area contributed by atoms with Crippen LogP contribution in [0.15, 0.2) is 27.3 Å². The van der Waals surface area contributed by atoms with E-state index in [2.05, 4.69) is 28.9 Å². The lowest BCUT2D eigenvalue weighted by molar-refractivity contribution is -0.188. The molecule has 1 spiro atoms. The van der Waals surface area contributed by atoms with Crippen molar-refractivity contribution in [2.24, 2.45) is 5.41 Å². The van der Waals surface area contributed by atoms with E-state index in [1.807, 2.05) is 0 Å². The molecule has 0 aromatic carbocycles. The van der Waals surface area contributed by atoms with Crippen LogP contribution in [-0.4, -0.2) is 46.2 Å². The number of aryl methyl sites for hydroxylation is 1. The summed E-state index contributed by atoms with van der Waals surface area (Å²) in [5.41, 5.74) is 0.149. The largest absolute Gasteiger partial charge is 0.461 e. The highest BCUT2D eigenvalue weighted by atomic mass is 16.5. The highest BCUT2D eigenvalue weighted by Gasteiger charge is 2.58. The zero-order valence-corrected chi connectivity index (χ0v) is 18.1. The molecule has 7 heteroatoms. The average Bonchev–Trinajstić information content (AvgIpc) is 3.46. The Kier molecular flexibility index (Phi) is 6.56. The van der Waals surface area contributed by atoms with Gasteiger partial charge < -0.3 is 18.6 Å². The lowest BCUT2D eigenvalue weighted by Gasteiger charge is -2.60. The molecule has 1 amide bonds. The third-order valence-corrected chi connectivity index (χ3v) is 6.82. The van der Waals surface area contributed by atoms with Crippen LogP contribution in [0.25, 0.3) is 11.6 Å². The minimum absolute atomic E-state index is 0.149. The van der Waals surface area contributed by atoms with Gasteiger partial charge in [0.05, 0.1) is 12.4 Å². The van der Waals surface area contributed by atoms with Crippen LogP contribution < -0.4 is 0 Å². The Labute approximate surface area is 178 Å². The van der Waals surface area contributed by atoms with Gasteiger partial charge >= 0.3 is 0 Å². The van der Waals surface area contributed by atoms with E-state index >= 15 is 0 Å². The molecular weight excluding hydrogens is 382 g/mol. The van der Waals surface area contributed by atoms with Crippen LogP contribution in [0.3, 0.4) is 0 Å². The summed E-state index contributed by atoms with van der Waals surface area (Å²) in [6.45, 7) is 5.75. The van der Waals surface area contributed by atoms with Crippen LogP contribution in [0.5, 0.6) is 0 Å². The van der Waals surface area contributed by atoms with Crippen LogP contribution in [0.2, 0.25) is 0 Å². The van der Waals surface area contributed by atoms with Crippen molar-refractivity contribution in [3.8, 4) is 11.6 Å². The monoisotopic (exact) mass is 415 g/mol. The molecule has 2 aliphatic carbocycles. The van der Waals surface area contributed by atoms with Gasteiger partial charge in [-0.25, -0.2) is 0 Å². The van der Waals surface area contributed by atoms with E-state index in [0.29, 0.717) is 42.5 Å². The SMILES string of the molecule is CCCN(C(=O)CCc1nc(-c2ccco2)no1)C1CC(OCC)C12CCCCC2. The number of carbonyl (C=O) groups excluding carboxylic acids is 1. The van der Waals surface area contributed by atoms with E-state index in [4.69, 9.17) is 13.7 Å². The molecule has 2 aliphatic rings. The first-order valence-electron chi connectivity index (χ1n) is 11.5. The molecule has 0 radical (unpaired) electrons. The van der Waals surface area contributed by atoms with Gasteiger partial charge in [0, 0.05) is 37.5 Å². The van der Waals surface area contributed by atoms with Crippen molar-refractivity contribution in [1.82, 2.24) is 15.0 Å². The zero-order chi connectivity index (χ0) is 21.0. The molecule has 0 saturated heterocycles. The van der Waals surface area contributed by atoms with Crippen molar-refractivity contribution < 1.29 is 18.5 Å². The van der Waals surface area contributed by atoms with Crippen LogP contribution >= 0.6 is 0 Å². The number of nitrogens with zero attached hydrogens (tertiary/aromatic N) is 3. The summed E-state index contributed by atoms with van der Waals surface area (Å²) in [4.78, 5) is 19.7. The molecule has 2 fully saturated rings. The van der Waals surface area contributed by atoms with Crippen molar-refractivity contribution in [3.63, 3.8) is 0 Å². The Morgan fingerprint density at radius 3 is 2.83 bits per heavy atom. The molecule has 164 valence electrons. The number of hydrogen-bond acceptors (Lipinski definition) is 6. The summed E-state index contributed by atoms with van der Waals surface area (Å²) >= 11 is 0. The second-order valence-corrected chi connectivity index (χ2v) is 8.57. The maximum atomic E-state index is 13.2. The number of ether oxygens (including phenoxy) is 1. The zero-order valence-electron chi connectivity index (χ0n) is 18.1. The lowest BCUT2D eigenvalue weighted by atomic mass is 9.54. The molecule has 2 atom stereocenters. The molecule has 2 aromatic heterocycles. The Morgan fingerprint density at radius 1 is 1.30 bits per heavy atom. The Hall–Kier alpha value is -2.15. The summed E-state index contributed by atoms with van der Waals surface area (Å²) < 4.78 is 16.7. The van der Waals surface area contributed by atoms with E-state index in [0.717, 1.165) is 26.0 Å². The second kappa shape index (κ2) is 9.33. The van der Waals surface area contributed by atoms with E-state index < -0.39 is 0 Å². The second-order valence-electron chi connectivity index (χ2n) is 8.57. The van der Waals surface area contributed by atoms with Gasteiger partial charge in [0.1, 0.15) is 0 Å². The number of carbonyl (C=O) groups is 1. The van der Waals surface area contributed by atoms with Crippen molar-refractivity contribution in [1.29, 1.82) is 0 Å². The predicted octanol–water partition coefficient (Wildman–Crippen LogP) is 4.63. The maximum Gasteiger partial charge on any atom is 0.238 e. The van der Waals surface area contributed by atoms with Crippen molar-refractivity contribution >= 4 is 5.91 Å². The Balaban J connectivity index is 1.41. The van der Waals surface area contributed by atoms with E-state index in [-0.39, 0.29) is 11.3 Å². The van der Waals surface area contributed by atoms with E-state index in [9.17, 15) is 4.79 Å². The summed E-state index contributed by atoms with van der Waals surface area (Å²) in [6.07, 6.45) is 10.7. The highest BCUT2D eigenvalue weighted by Crippen LogP contribution is 2.55. The minimum Gasteiger partial charge on any atom is -0.461 e. The number of rotatable bonds is 9. The normalized spacial score (nSPS) is 22.7. The fourth-order valence-electron chi connectivity index (χ4n) is 5.38. The fourth-order valence-corrected chi connectivity index (χ4v) is 5.38. The van der Waals surface area contributed by atoms with E-state index in [1.165, 1.54) is 32.1 Å². The third-order valence-electron chi connectivity index (χ3n) is 6.82. The Bertz CT molecular complexity index is 810. The van der Waals surface area contributed by atoms with Gasteiger partial charge in [-0.05, 0) is 44.7 Å². The maximum absolute atomic E-state index is 13.2. The van der Waals surface area contributed by atoms with Gasteiger partial charge in [0.15, 0.2) is 5.76 Å².